The minimum Gasteiger partial charge on any atom is -0.326 e. The molecule has 1 aromatic carbocycles. The third-order valence-corrected chi connectivity index (χ3v) is 3.85. The van der Waals surface area contributed by atoms with Gasteiger partial charge in [-0.2, -0.15) is 0 Å². The van der Waals surface area contributed by atoms with Crippen LogP contribution in [0.3, 0.4) is 0 Å². The summed E-state index contributed by atoms with van der Waals surface area (Å²) >= 11 is 0. The van der Waals surface area contributed by atoms with Crippen LogP contribution in [0, 0.1) is 6.92 Å². The Morgan fingerprint density at radius 3 is 2.89 bits per heavy atom. The first-order valence-electron chi connectivity index (χ1n) is 6.64. The fraction of sp³-hybridized carbons (Fsp3) is 0.400. The van der Waals surface area contributed by atoms with Crippen molar-refractivity contribution < 1.29 is 0 Å². The van der Waals surface area contributed by atoms with Gasteiger partial charge < -0.3 is 10.3 Å². The minimum atomic E-state index is 0.605. The van der Waals surface area contributed by atoms with E-state index in [1.54, 1.807) is 0 Å². The van der Waals surface area contributed by atoms with E-state index in [1.165, 1.54) is 41.0 Å². The topological polar surface area (TPSA) is 43.8 Å². The largest absolute Gasteiger partial charge is 0.326 e. The molecule has 3 heteroatoms. The molecule has 0 saturated carbocycles. The molecule has 1 aromatic heterocycles. The van der Waals surface area contributed by atoms with Gasteiger partial charge in [0.1, 0.15) is 0 Å². The summed E-state index contributed by atoms with van der Waals surface area (Å²) in [6.07, 6.45) is 6.79. The molecule has 1 aliphatic rings. The van der Waals surface area contributed by atoms with Crippen LogP contribution < -0.4 is 5.73 Å². The van der Waals surface area contributed by atoms with Crippen molar-refractivity contribution in [2.75, 3.05) is 0 Å². The summed E-state index contributed by atoms with van der Waals surface area (Å²) < 4.78 is 2.24. The maximum atomic E-state index is 5.71. The van der Waals surface area contributed by atoms with E-state index in [-0.39, 0.29) is 0 Å². The second-order valence-corrected chi connectivity index (χ2v) is 5.03. The predicted molar refractivity (Wildman–Crippen MR) is 72.8 cm³/mol. The van der Waals surface area contributed by atoms with Crippen LogP contribution in [0.1, 0.15) is 35.4 Å². The first-order chi connectivity index (χ1) is 8.79. The lowest BCUT2D eigenvalue weighted by molar-refractivity contribution is 0.656. The maximum absolute atomic E-state index is 5.71. The molecule has 0 amide bonds. The van der Waals surface area contributed by atoms with Gasteiger partial charge in [0.2, 0.25) is 0 Å². The molecule has 0 spiro atoms. The van der Waals surface area contributed by atoms with E-state index in [9.17, 15) is 0 Å². The highest BCUT2D eigenvalue weighted by Crippen LogP contribution is 2.24. The number of fused-ring (bicyclic) bond motifs is 1. The summed E-state index contributed by atoms with van der Waals surface area (Å²) in [5.41, 5.74) is 12.1. The SMILES string of the molecule is Cc1cc(-n2cnc3c2CCCC3)ccc1CN. The Morgan fingerprint density at radius 2 is 2.11 bits per heavy atom. The van der Waals surface area contributed by atoms with Gasteiger partial charge in [-0.25, -0.2) is 4.98 Å². The van der Waals surface area contributed by atoms with Gasteiger partial charge in [0.25, 0.3) is 0 Å². The molecule has 94 valence electrons. The number of imidazole rings is 1. The molecule has 1 heterocycles. The Bertz CT molecular complexity index is 569. The summed E-state index contributed by atoms with van der Waals surface area (Å²) in [5, 5.41) is 0. The Kier molecular flexibility index (Phi) is 2.92. The normalized spacial score (nSPS) is 14.6. The highest BCUT2D eigenvalue weighted by Gasteiger charge is 2.16. The summed E-state index contributed by atoms with van der Waals surface area (Å²) in [6.45, 7) is 2.73. The predicted octanol–water partition coefficient (Wildman–Crippen LogP) is 2.52. The van der Waals surface area contributed by atoms with Gasteiger partial charge >= 0.3 is 0 Å². The van der Waals surface area contributed by atoms with Crippen molar-refractivity contribution in [1.29, 1.82) is 0 Å². The van der Waals surface area contributed by atoms with Crippen molar-refractivity contribution >= 4 is 0 Å². The number of rotatable bonds is 2. The summed E-state index contributed by atoms with van der Waals surface area (Å²) in [5.74, 6) is 0. The average Bonchev–Trinajstić information content (AvgIpc) is 2.82. The van der Waals surface area contributed by atoms with Crippen LogP contribution in [0.15, 0.2) is 24.5 Å². The van der Waals surface area contributed by atoms with Crippen LogP contribution in [-0.2, 0) is 19.4 Å². The first-order valence-corrected chi connectivity index (χ1v) is 6.64. The number of nitrogens with zero attached hydrogens (tertiary/aromatic N) is 2. The fourth-order valence-corrected chi connectivity index (χ4v) is 2.75. The van der Waals surface area contributed by atoms with Crippen molar-refractivity contribution in [3.05, 3.63) is 47.0 Å². The molecule has 0 saturated heterocycles. The Labute approximate surface area is 108 Å². The second-order valence-electron chi connectivity index (χ2n) is 5.03. The second kappa shape index (κ2) is 4.58. The Morgan fingerprint density at radius 1 is 1.28 bits per heavy atom. The molecule has 1 aliphatic carbocycles. The number of benzene rings is 1. The molecule has 0 atom stereocenters. The van der Waals surface area contributed by atoms with E-state index in [2.05, 4.69) is 34.7 Å². The molecule has 0 radical (unpaired) electrons. The summed E-state index contributed by atoms with van der Waals surface area (Å²) in [7, 11) is 0. The Balaban J connectivity index is 2.04. The molecule has 3 rings (SSSR count). The third kappa shape index (κ3) is 1.85. The third-order valence-electron chi connectivity index (χ3n) is 3.85. The number of aromatic nitrogens is 2. The van der Waals surface area contributed by atoms with Gasteiger partial charge in [-0.15, -0.1) is 0 Å². The summed E-state index contributed by atoms with van der Waals surface area (Å²) in [4.78, 5) is 4.54. The van der Waals surface area contributed by atoms with E-state index in [0.29, 0.717) is 6.54 Å². The molecule has 2 N–H and O–H groups in total. The summed E-state index contributed by atoms with van der Waals surface area (Å²) in [6, 6.07) is 6.48. The molecule has 0 unspecified atom stereocenters. The van der Waals surface area contributed by atoms with E-state index in [1.807, 2.05) is 6.33 Å². The average molecular weight is 241 g/mol. The van der Waals surface area contributed by atoms with E-state index in [0.717, 1.165) is 12.8 Å². The van der Waals surface area contributed by atoms with Crippen LogP contribution in [-0.4, -0.2) is 9.55 Å². The smallest absolute Gasteiger partial charge is 0.0997 e. The van der Waals surface area contributed by atoms with Crippen LogP contribution in [0.5, 0.6) is 0 Å². The van der Waals surface area contributed by atoms with Gasteiger partial charge in [-0.3, -0.25) is 0 Å². The van der Waals surface area contributed by atoms with Crippen molar-refractivity contribution in [2.24, 2.45) is 5.73 Å². The highest BCUT2D eigenvalue weighted by molar-refractivity contribution is 5.42. The molecule has 3 nitrogen and oxygen atoms in total. The number of hydrogen-bond donors (Lipinski definition) is 1. The van der Waals surface area contributed by atoms with Gasteiger partial charge in [0.05, 0.1) is 12.0 Å². The zero-order valence-corrected chi connectivity index (χ0v) is 10.8. The Hall–Kier alpha value is -1.61. The van der Waals surface area contributed by atoms with Gasteiger partial charge in [-0.05, 0) is 55.9 Å². The van der Waals surface area contributed by atoms with Crippen molar-refractivity contribution in [3.63, 3.8) is 0 Å². The lowest BCUT2D eigenvalue weighted by atomic mass is 10.0. The zero-order valence-electron chi connectivity index (χ0n) is 10.8. The lowest BCUT2D eigenvalue weighted by Crippen LogP contribution is -2.07. The number of nitrogens with two attached hydrogens (primary N) is 1. The molecule has 0 bridgehead atoms. The first kappa shape index (κ1) is 11.5. The van der Waals surface area contributed by atoms with E-state index in [4.69, 9.17) is 5.73 Å². The number of hydrogen-bond acceptors (Lipinski definition) is 2. The monoisotopic (exact) mass is 241 g/mol. The van der Waals surface area contributed by atoms with Crippen molar-refractivity contribution in [2.45, 2.75) is 39.2 Å². The fourth-order valence-electron chi connectivity index (χ4n) is 2.75. The molecule has 0 fully saturated rings. The van der Waals surface area contributed by atoms with Crippen LogP contribution in [0.2, 0.25) is 0 Å². The van der Waals surface area contributed by atoms with Crippen molar-refractivity contribution in [1.82, 2.24) is 9.55 Å². The molecule has 18 heavy (non-hydrogen) atoms. The van der Waals surface area contributed by atoms with E-state index < -0.39 is 0 Å². The molecule has 2 aromatic rings. The maximum Gasteiger partial charge on any atom is 0.0997 e. The van der Waals surface area contributed by atoms with Crippen LogP contribution in [0.25, 0.3) is 5.69 Å². The zero-order chi connectivity index (χ0) is 12.5. The standard InChI is InChI=1S/C15H19N3/c1-11-8-13(7-6-12(11)9-16)18-10-17-14-4-2-3-5-15(14)18/h6-8,10H,2-5,9,16H2,1H3. The molecular weight excluding hydrogens is 222 g/mol. The highest BCUT2D eigenvalue weighted by atomic mass is 15.1. The minimum absolute atomic E-state index is 0.605. The number of aryl methyl sites for hydroxylation is 2. The van der Waals surface area contributed by atoms with Crippen LogP contribution in [0.4, 0.5) is 0 Å². The quantitative estimate of drug-likeness (QED) is 0.878. The van der Waals surface area contributed by atoms with Gasteiger partial charge in [-0.1, -0.05) is 6.07 Å². The van der Waals surface area contributed by atoms with E-state index >= 15 is 0 Å². The molecular formula is C15H19N3. The van der Waals surface area contributed by atoms with Crippen molar-refractivity contribution in [3.8, 4) is 5.69 Å². The van der Waals surface area contributed by atoms with Gasteiger partial charge in [0, 0.05) is 17.9 Å². The van der Waals surface area contributed by atoms with Crippen LogP contribution >= 0.6 is 0 Å². The lowest BCUT2D eigenvalue weighted by Gasteiger charge is -2.15. The molecule has 0 aliphatic heterocycles. The van der Waals surface area contributed by atoms with Gasteiger partial charge in [0.15, 0.2) is 0 Å².